The third-order valence-electron chi connectivity index (χ3n) is 6.98. The third kappa shape index (κ3) is 7.72. The Morgan fingerprint density at radius 3 is 2.10 bits per heavy atom. The van der Waals surface area contributed by atoms with Gasteiger partial charge in [-0.2, -0.15) is 0 Å². The number of aryl methyl sites for hydroxylation is 4. The van der Waals surface area contributed by atoms with Crippen LogP contribution in [0.25, 0.3) is 0 Å². The Bertz CT molecular complexity index is 1410. The first-order valence-electron chi connectivity index (χ1n) is 13.7. The van der Waals surface area contributed by atoms with Crippen LogP contribution in [0.4, 0.5) is 5.69 Å². The molecule has 7 nitrogen and oxygen atoms in total. The van der Waals surface area contributed by atoms with Crippen molar-refractivity contribution in [1.29, 1.82) is 0 Å². The summed E-state index contributed by atoms with van der Waals surface area (Å²) >= 11 is 0. The van der Waals surface area contributed by atoms with Crippen LogP contribution >= 0.6 is 0 Å². The first-order valence-corrected chi connectivity index (χ1v) is 15.2. The van der Waals surface area contributed by atoms with Crippen molar-refractivity contribution in [2.24, 2.45) is 0 Å². The Balaban J connectivity index is 2.04. The van der Waals surface area contributed by atoms with Crippen molar-refractivity contribution < 1.29 is 18.0 Å². The summed E-state index contributed by atoms with van der Waals surface area (Å²) in [5.41, 5.74) is 4.97. The van der Waals surface area contributed by atoms with Crippen molar-refractivity contribution in [1.82, 2.24) is 10.2 Å². The second-order valence-electron chi connectivity index (χ2n) is 10.4. The highest BCUT2D eigenvalue weighted by Crippen LogP contribution is 2.27. The van der Waals surface area contributed by atoms with Crippen molar-refractivity contribution in [2.45, 2.75) is 71.9 Å². The van der Waals surface area contributed by atoms with Gasteiger partial charge in [0.15, 0.2) is 0 Å². The lowest BCUT2D eigenvalue weighted by atomic mass is 10.1. The molecule has 0 aliphatic carbocycles. The van der Waals surface area contributed by atoms with Crippen LogP contribution < -0.4 is 9.62 Å². The highest BCUT2D eigenvalue weighted by atomic mass is 32.2. The highest BCUT2D eigenvalue weighted by molar-refractivity contribution is 7.92. The molecule has 0 fully saturated rings. The van der Waals surface area contributed by atoms with Crippen molar-refractivity contribution >= 4 is 27.5 Å². The van der Waals surface area contributed by atoms with Gasteiger partial charge in [0.2, 0.25) is 11.8 Å². The topological polar surface area (TPSA) is 86.8 Å². The summed E-state index contributed by atoms with van der Waals surface area (Å²) in [4.78, 5) is 28.7. The molecule has 1 N–H and O–H groups in total. The molecule has 1 atom stereocenters. The predicted molar refractivity (Wildman–Crippen MR) is 161 cm³/mol. The molecule has 2 amide bonds. The Hall–Kier alpha value is -3.65. The zero-order chi connectivity index (χ0) is 29.4. The molecule has 40 heavy (non-hydrogen) atoms. The lowest BCUT2D eigenvalue weighted by molar-refractivity contribution is -0.139. The fraction of sp³-hybridized carbons (Fsp3) is 0.375. The molecule has 3 rings (SSSR count). The van der Waals surface area contributed by atoms with Crippen LogP contribution in [0.3, 0.4) is 0 Å². The second kappa shape index (κ2) is 13.6. The SMILES string of the molecule is CCCCNC(=O)[C@H](C)N(Cc1ccccc1C)C(=O)CN(c1cc(C)cc(C)c1)S(=O)(=O)c1ccc(C)cc1. The lowest BCUT2D eigenvalue weighted by Crippen LogP contribution is -2.51. The van der Waals surface area contributed by atoms with E-state index in [1.807, 2.05) is 65.0 Å². The largest absolute Gasteiger partial charge is 0.354 e. The molecule has 0 heterocycles. The summed E-state index contributed by atoms with van der Waals surface area (Å²) in [7, 11) is -4.09. The molecule has 0 unspecified atom stereocenters. The van der Waals surface area contributed by atoms with Gasteiger partial charge in [-0.1, -0.05) is 61.4 Å². The van der Waals surface area contributed by atoms with Gasteiger partial charge in [-0.25, -0.2) is 8.42 Å². The summed E-state index contributed by atoms with van der Waals surface area (Å²) in [6.07, 6.45) is 1.77. The Morgan fingerprint density at radius 2 is 1.50 bits per heavy atom. The van der Waals surface area contributed by atoms with Gasteiger partial charge in [0.05, 0.1) is 10.6 Å². The molecular weight excluding hydrogens is 522 g/mol. The molecule has 0 saturated heterocycles. The summed E-state index contributed by atoms with van der Waals surface area (Å²) < 4.78 is 29.1. The maximum absolute atomic E-state index is 14.1. The van der Waals surface area contributed by atoms with Gasteiger partial charge in [0, 0.05) is 13.1 Å². The zero-order valence-corrected chi connectivity index (χ0v) is 25.2. The molecule has 3 aromatic rings. The van der Waals surface area contributed by atoms with E-state index in [9.17, 15) is 18.0 Å². The van der Waals surface area contributed by atoms with E-state index in [1.165, 1.54) is 4.90 Å². The Kier molecular flexibility index (Phi) is 10.5. The van der Waals surface area contributed by atoms with Crippen LogP contribution in [0.1, 0.15) is 54.5 Å². The van der Waals surface area contributed by atoms with Crippen molar-refractivity contribution in [3.63, 3.8) is 0 Å². The molecule has 0 radical (unpaired) electrons. The third-order valence-corrected chi connectivity index (χ3v) is 8.77. The standard InChI is InChI=1S/C32H41N3O4S/c1-7-8-17-33-32(37)27(6)34(21-28-12-10-9-11-26(28)5)31(36)22-35(29-19-24(3)18-25(4)20-29)40(38,39)30-15-13-23(2)14-16-30/h9-16,18-20,27H,7-8,17,21-22H2,1-6H3,(H,33,37)/t27-/m0/s1. The minimum absolute atomic E-state index is 0.0980. The van der Waals surface area contributed by atoms with E-state index in [-0.39, 0.29) is 17.3 Å². The van der Waals surface area contributed by atoms with Gasteiger partial charge in [-0.05, 0) is 87.6 Å². The van der Waals surface area contributed by atoms with Crippen LogP contribution in [0, 0.1) is 27.7 Å². The average Bonchev–Trinajstić information content (AvgIpc) is 2.90. The number of carbonyl (C=O) groups is 2. The molecule has 0 aliphatic heterocycles. The summed E-state index contributed by atoms with van der Waals surface area (Å²) in [6, 6.07) is 18.9. The lowest BCUT2D eigenvalue weighted by Gasteiger charge is -2.32. The van der Waals surface area contributed by atoms with E-state index in [0.717, 1.165) is 45.0 Å². The van der Waals surface area contributed by atoms with Gasteiger partial charge in [-0.3, -0.25) is 13.9 Å². The average molecular weight is 564 g/mol. The molecule has 0 aliphatic rings. The van der Waals surface area contributed by atoms with Gasteiger partial charge in [0.25, 0.3) is 10.0 Å². The van der Waals surface area contributed by atoms with E-state index in [0.29, 0.717) is 12.2 Å². The summed E-state index contributed by atoms with van der Waals surface area (Å²) in [6.45, 7) is 11.6. The van der Waals surface area contributed by atoms with Crippen LogP contribution in [-0.2, 0) is 26.2 Å². The molecular formula is C32H41N3O4S. The number of rotatable bonds is 12. The highest BCUT2D eigenvalue weighted by Gasteiger charge is 2.32. The number of hydrogen-bond donors (Lipinski definition) is 1. The van der Waals surface area contributed by atoms with Gasteiger partial charge in [0.1, 0.15) is 12.6 Å². The van der Waals surface area contributed by atoms with Crippen LogP contribution in [0.2, 0.25) is 0 Å². The summed E-state index contributed by atoms with van der Waals surface area (Å²) in [5.74, 6) is -0.731. The fourth-order valence-corrected chi connectivity index (χ4v) is 5.95. The van der Waals surface area contributed by atoms with E-state index >= 15 is 0 Å². The molecule has 214 valence electrons. The minimum Gasteiger partial charge on any atom is -0.354 e. The molecule has 0 saturated carbocycles. The smallest absolute Gasteiger partial charge is 0.264 e. The molecule has 3 aromatic carbocycles. The number of nitrogens with one attached hydrogen (secondary N) is 1. The number of hydrogen-bond acceptors (Lipinski definition) is 4. The number of benzene rings is 3. The monoisotopic (exact) mass is 563 g/mol. The van der Waals surface area contributed by atoms with Gasteiger partial charge in [-0.15, -0.1) is 0 Å². The van der Waals surface area contributed by atoms with E-state index < -0.39 is 28.5 Å². The number of amides is 2. The second-order valence-corrected chi connectivity index (χ2v) is 12.3. The number of carbonyl (C=O) groups excluding carboxylic acids is 2. The van der Waals surface area contributed by atoms with Gasteiger partial charge >= 0.3 is 0 Å². The van der Waals surface area contributed by atoms with Crippen LogP contribution in [-0.4, -0.2) is 44.3 Å². The molecule has 0 spiro atoms. The maximum Gasteiger partial charge on any atom is 0.264 e. The zero-order valence-electron chi connectivity index (χ0n) is 24.4. The quantitative estimate of drug-likeness (QED) is 0.297. The first-order chi connectivity index (χ1) is 18.9. The van der Waals surface area contributed by atoms with Crippen LogP contribution in [0.5, 0.6) is 0 Å². The number of sulfonamides is 1. The van der Waals surface area contributed by atoms with E-state index in [2.05, 4.69) is 5.32 Å². The normalized spacial score (nSPS) is 12.1. The van der Waals surface area contributed by atoms with Gasteiger partial charge < -0.3 is 10.2 Å². The predicted octanol–water partition coefficient (Wildman–Crippen LogP) is 5.45. The number of nitrogens with zero attached hydrogens (tertiary/aromatic N) is 2. The molecule has 0 aromatic heterocycles. The summed E-state index contributed by atoms with van der Waals surface area (Å²) in [5, 5.41) is 2.92. The van der Waals surface area contributed by atoms with E-state index in [4.69, 9.17) is 0 Å². The number of anilines is 1. The van der Waals surface area contributed by atoms with Crippen LogP contribution in [0.15, 0.2) is 71.6 Å². The number of unbranched alkanes of at least 4 members (excludes halogenated alkanes) is 1. The maximum atomic E-state index is 14.1. The molecule has 0 bridgehead atoms. The fourth-order valence-electron chi connectivity index (χ4n) is 4.55. The molecule has 8 heteroatoms. The Morgan fingerprint density at radius 1 is 0.875 bits per heavy atom. The Labute approximate surface area is 239 Å². The van der Waals surface area contributed by atoms with Crippen molar-refractivity contribution in [3.8, 4) is 0 Å². The minimum atomic E-state index is -4.09. The van der Waals surface area contributed by atoms with E-state index in [1.54, 1.807) is 43.3 Å². The van der Waals surface area contributed by atoms with Crippen molar-refractivity contribution in [3.05, 3.63) is 94.5 Å². The van der Waals surface area contributed by atoms with Crippen molar-refractivity contribution in [2.75, 3.05) is 17.4 Å². The first kappa shape index (κ1) is 30.9.